The first-order valence-corrected chi connectivity index (χ1v) is 5.55. The van der Waals surface area contributed by atoms with Gasteiger partial charge in [-0.05, 0) is 6.07 Å². The van der Waals surface area contributed by atoms with Crippen molar-refractivity contribution in [3.8, 4) is 5.75 Å². The molecule has 0 spiro atoms. The number of carbonyl (C=O) groups is 1. The van der Waals surface area contributed by atoms with E-state index < -0.39 is 17.7 Å². The molecule has 2 rings (SSSR count). The SMILES string of the molecule is CC(=O)OC[C@@H](O)c1coc(=O)c2c(O)cccc12. The number of esters is 1. The molecule has 0 amide bonds. The fourth-order valence-electron chi connectivity index (χ4n) is 1.78. The Kier molecular flexibility index (Phi) is 3.52. The van der Waals surface area contributed by atoms with Gasteiger partial charge in [0.25, 0.3) is 0 Å². The van der Waals surface area contributed by atoms with E-state index in [4.69, 9.17) is 9.15 Å². The van der Waals surface area contributed by atoms with Crippen LogP contribution < -0.4 is 5.63 Å². The van der Waals surface area contributed by atoms with Gasteiger partial charge in [0.15, 0.2) is 0 Å². The minimum atomic E-state index is -1.14. The molecule has 1 atom stereocenters. The number of carbonyl (C=O) groups excluding carboxylic acids is 1. The second-order valence-corrected chi connectivity index (χ2v) is 4.00. The molecular weight excluding hydrogens is 252 g/mol. The minimum absolute atomic E-state index is 0.0122. The molecule has 6 nitrogen and oxygen atoms in total. The highest BCUT2D eigenvalue weighted by atomic mass is 16.5. The Morgan fingerprint density at radius 2 is 2.21 bits per heavy atom. The lowest BCUT2D eigenvalue weighted by Gasteiger charge is -2.12. The molecule has 0 saturated heterocycles. The van der Waals surface area contributed by atoms with E-state index in [1.165, 1.54) is 13.0 Å². The molecule has 19 heavy (non-hydrogen) atoms. The highest BCUT2D eigenvalue weighted by molar-refractivity contribution is 5.89. The lowest BCUT2D eigenvalue weighted by molar-refractivity contribution is -0.144. The van der Waals surface area contributed by atoms with Gasteiger partial charge < -0.3 is 19.4 Å². The monoisotopic (exact) mass is 264 g/mol. The molecular formula is C13H12O6. The van der Waals surface area contributed by atoms with Gasteiger partial charge >= 0.3 is 11.6 Å². The van der Waals surface area contributed by atoms with Crippen molar-refractivity contribution in [2.45, 2.75) is 13.0 Å². The number of phenols is 1. The zero-order valence-electron chi connectivity index (χ0n) is 10.1. The quantitative estimate of drug-likeness (QED) is 0.805. The van der Waals surface area contributed by atoms with E-state index in [2.05, 4.69) is 0 Å². The third kappa shape index (κ3) is 2.58. The second-order valence-electron chi connectivity index (χ2n) is 4.00. The number of ether oxygens (including phenoxy) is 1. The first kappa shape index (κ1) is 13.1. The Labute approximate surface area is 107 Å². The summed E-state index contributed by atoms with van der Waals surface area (Å²) in [6, 6.07) is 4.46. The summed E-state index contributed by atoms with van der Waals surface area (Å²) in [5.41, 5.74) is -0.428. The number of aliphatic hydroxyl groups is 1. The third-order valence-corrected chi connectivity index (χ3v) is 2.65. The summed E-state index contributed by atoms with van der Waals surface area (Å²) in [4.78, 5) is 22.3. The van der Waals surface area contributed by atoms with Gasteiger partial charge in [-0.3, -0.25) is 4.79 Å². The van der Waals surface area contributed by atoms with Gasteiger partial charge in [0.05, 0.1) is 0 Å². The average molecular weight is 264 g/mol. The molecule has 100 valence electrons. The molecule has 0 aliphatic carbocycles. The van der Waals surface area contributed by atoms with Crippen molar-refractivity contribution in [3.63, 3.8) is 0 Å². The lowest BCUT2D eigenvalue weighted by atomic mass is 10.0. The smallest absolute Gasteiger partial charge is 0.347 e. The van der Waals surface area contributed by atoms with Crippen molar-refractivity contribution in [2.75, 3.05) is 6.61 Å². The summed E-state index contributed by atoms with van der Waals surface area (Å²) in [5, 5.41) is 19.9. The van der Waals surface area contributed by atoms with E-state index >= 15 is 0 Å². The van der Waals surface area contributed by atoms with Crippen LogP contribution in [0.5, 0.6) is 5.75 Å². The maximum atomic E-state index is 11.5. The molecule has 0 saturated carbocycles. The predicted octanol–water partition coefficient (Wildman–Crippen LogP) is 1.10. The van der Waals surface area contributed by atoms with Crippen molar-refractivity contribution >= 4 is 16.7 Å². The van der Waals surface area contributed by atoms with Gasteiger partial charge in [-0.1, -0.05) is 12.1 Å². The van der Waals surface area contributed by atoms with Crippen LogP contribution in [-0.2, 0) is 9.53 Å². The first-order valence-electron chi connectivity index (χ1n) is 5.55. The van der Waals surface area contributed by atoms with Crippen molar-refractivity contribution in [1.29, 1.82) is 0 Å². The maximum Gasteiger partial charge on any atom is 0.347 e. The van der Waals surface area contributed by atoms with Crippen LogP contribution in [-0.4, -0.2) is 22.8 Å². The Bertz CT molecular complexity index is 672. The van der Waals surface area contributed by atoms with Crippen LogP contribution in [0.2, 0.25) is 0 Å². The molecule has 0 aliphatic heterocycles. The zero-order chi connectivity index (χ0) is 14.0. The number of rotatable bonds is 3. The van der Waals surface area contributed by atoms with Gasteiger partial charge in [-0.15, -0.1) is 0 Å². The number of fused-ring (bicyclic) bond motifs is 1. The zero-order valence-corrected chi connectivity index (χ0v) is 10.1. The van der Waals surface area contributed by atoms with Crippen molar-refractivity contribution < 1.29 is 24.2 Å². The summed E-state index contributed by atoms with van der Waals surface area (Å²) in [6.07, 6.45) is -0.0457. The number of aliphatic hydroxyl groups excluding tert-OH is 1. The van der Waals surface area contributed by atoms with E-state index in [1.54, 1.807) is 12.1 Å². The van der Waals surface area contributed by atoms with Crippen LogP contribution in [0.25, 0.3) is 10.8 Å². The van der Waals surface area contributed by atoms with Crippen LogP contribution in [0, 0.1) is 0 Å². The predicted molar refractivity (Wildman–Crippen MR) is 65.7 cm³/mol. The van der Waals surface area contributed by atoms with E-state index in [0.29, 0.717) is 5.39 Å². The highest BCUT2D eigenvalue weighted by Gasteiger charge is 2.17. The van der Waals surface area contributed by atoms with Crippen molar-refractivity contribution in [1.82, 2.24) is 0 Å². The molecule has 2 aromatic rings. The molecule has 0 unspecified atom stereocenters. The Hall–Kier alpha value is -2.34. The molecule has 0 bridgehead atoms. The summed E-state index contributed by atoms with van der Waals surface area (Å²) < 4.78 is 9.46. The molecule has 1 aromatic carbocycles. The number of hydrogen-bond acceptors (Lipinski definition) is 6. The van der Waals surface area contributed by atoms with Gasteiger partial charge in [0.2, 0.25) is 0 Å². The van der Waals surface area contributed by atoms with Crippen molar-refractivity contribution in [2.24, 2.45) is 0 Å². The summed E-state index contributed by atoms with van der Waals surface area (Å²) in [6.45, 7) is 0.968. The highest BCUT2D eigenvalue weighted by Crippen LogP contribution is 2.27. The maximum absolute atomic E-state index is 11.5. The molecule has 1 heterocycles. The molecule has 6 heteroatoms. The van der Waals surface area contributed by atoms with Crippen LogP contribution in [0.4, 0.5) is 0 Å². The molecule has 0 fully saturated rings. The lowest BCUT2D eigenvalue weighted by Crippen LogP contribution is -2.12. The van der Waals surface area contributed by atoms with Crippen LogP contribution in [0.15, 0.2) is 33.7 Å². The molecule has 2 N–H and O–H groups in total. The number of phenolic OH excluding ortho intramolecular Hbond substituents is 1. The second kappa shape index (κ2) is 5.11. The molecule has 1 aromatic heterocycles. The van der Waals surface area contributed by atoms with Gasteiger partial charge in [-0.25, -0.2) is 4.79 Å². The standard InChI is InChI=1S/C13H12O6/c1-7(14)18-6-11(16)9-5-19-13(17)12-8(9)3-2-4-10(12)15/h2-5,11,15-16H,6H2,1H3/t11-/m1/s1. The average Bonchev–Trinajstić information content (AvgIpc) is 2.36. The Morgan fingerprint density at radius 1 is 1.47 bits per heavy atom. The third-order valence-electron chi connectivity index (χ3n) is 2.65. The van der Waals surface area contributed by atoms with Gasteiger partial charge in [-0.2, -0.15) is 0 Å². The number of benzene rings is 1. The Balaban J connectivity index is 2.50. The van der Waals surface area contributed by atoms with E-state index in [-0.39, 0.29) is 23.3 Å². The van der Waals surface area contributed by atoms with E-state index in [9.17, 15) is 19.8 Å². The Morgan fingerprint density at radius 3 is 2.89 bits per heavy atom. The van der Waals surface area contributed by atoms with Crippen LogP contribution in [0.3, 0.4) is 0 Å². The summed E-state index contributed by atoms with van der Waals surface area (Å²) in [7, 11) is 0. The largest absolute Gasteiger partial charge is 0.507 e. The summed E-state index contributed by atoms with van der Waals surface area (Å²) in [5.74, 6) is -0.753. The van der Waals surface area contributed by atoms with E-state index in [1.807, 2.05) is 0 Å². The molecule has 0 aliphatic rings. The number of hydrogen-bond donors (Lipinski definition) is 2. The van der Waals surface area contributed by atoms with Crippen LogP contribution in [0.1, 0.15) is 18.6 Å². The topological polar surface area (TPSA) is 97.0 Å². The van der Waals surface area contributed by atoms with Crippen molar-refractivity contribution in [3.05, 3.63) is 40.4 Å². The number of aromatic hydroxyl groups is 1. The van der Waals surface area contributed by atoms with E-state index in [0.717, 1.165) is 6.26 Å². The van der Waals surface area contributed by atoms with Gasteiger partial charge in [0.1, 0.15) is 30.1 Å². The van der Waals surface area contributed by atoms with Crippen LogP contribution >= 0.6 is 0 Å². The normalized spacial score (nSPS) is 12.3. The molecule has 0 radical (unpaired) electrons. The summed E-state index contributed by atoms with van der Waals surface area (Å²) >= 11 is 0. The minimum Gasteiger partial charge on any atom is -0.507 e. The van der Waals surface area contributed by atoms with Gasteiger partial charge in [0, 0.05) is 17.9 Å². The first-order chi connectivity index (χ1) is 9.00. The fourth-order valence-corrected chi connectivity index (χ4v) is 1.78. The fraction of sp³-hybridized carbons (Fsp3) is 0.231.